The predicted molar refractivity (Wildman–Crippen MR) is 98.9 cm³/mol. The Bertz CT molecular complexity index is 769. The van der Waals surface area contributed by atoms with Crippen molar-refractivity contribution in [3.8, 4) is 0 Å². The van der Waals surface area contributed by atoms with Crippen LogP contribution >= 0.6 is 0 Å². The maximum Gasteiger partial charge on any atom is 0.223 e. The van der Waals surface area contributed by atoms with Crippen LogP contribution in [0.15, 0.2) is 35.2 Å². The van der Waals surface area contributed by atoms with Crippen molar-refractivity contribution < 1.29 is 28.2 Å². The number of sulfone groups is 1. The molecular weight excluding hydrogens is 370 g/mol. The number of ether oxygens (including phenoxy) is 1. The Morgan fingerprint density at radius 2 is 1.85 bits per heavy atom. The van der Waals surface area contributed by atoms with E-state index in [1.165, 1.54) is 12.1 Å². The normalized spacial score (nSPS) is 28.3. The summed E-state index contributed by atoms with van der Waals surface area (Å²) >= 11 is 0. The fourth-order valence-electron chi connectivity index (χ4n) is 3.92. The highest BCUT2D eigenvalue weighted by Crippen LogP contribution is 2.39. The lowest BCUT2D eigenvalue weighted by atomic mass is 9.75. The molecule has 150 valence electrons. The van der Waals surface area contributed by atoms with E-state index < -0.39 is 27.1 Å². The monoisotopic (exact) mass is 397 g/mol. The molecule has 2 saturated heterocycles. The van der Waals surface area contributed by atoms with E-state index in [-0.39, 0.29) is 23.0 Å². The van der Waals surface area contributed by atoms with Gasteiger partial charge in [-0.15, -0.1) is 0 Å². The van der Waals surface area contributed by atoms with Crippen molar-refractivity contribution in [2.75, 3.05) is 25.4 Å². The van der Waals surface area contributed by atoms with Crippen molar-refractivity contribution in [2.45, 2.75) is 54.8 Å². The largest absolute Gasteiger partial charge is 0.387 e. The number of hydrogen-bond donors (Lipinski definition) is 2. The Hall–Kier alpha value is -1.48. The summed E-state index contributed by atoms with van der Waals surface area (Å²) in [6, 6.07) is 8.11. The molecule has 2 N–H and O–H groups in total. The van der Waals surface area contributed by atoms with E-state index >= 15 is 0 Å². The molecular formula is C19H27NO6S. The highest BCUT2D eigenvalue weighted by atomic mass is 32.2. The van der Waals surface area contributed by atoms with Gasteiger partial charge < -0.3 is 19.8 Å². The molecule has 1 aromatic carbocycles. The molecule has 2 atom stereocenters. The molecule has 2 aliphatic rings. The van der Waals surface area contributed by atoms with Gasteiger partial charge in [0, 0.05) is 25.9 Å². The third-order valence-corrected chi connectivity index (χ3v) is 7.47. The highest BCUT2D eigenvalue weighted by Gasteiger charge is 2.52. The number of aliphatic hydroxyl groups excluding tert-OH is 1. The number of carbonyl (C=O) groups is 1. The Balaban J connectivity index is 1.56. The summed E-state index contributed by atoms with van der Waals surface area (Å²) in [7, 11) is -3.49. The first-order chi connectivity index (χ1) is 12.7. The average molecular weight is 397 g/mol. The van der Waals surface area contributed by atoms with Crippen molar-refractivity contribution in [1.82, 2.24) is 4.90 Å². The Labute approximate surface area is 159 Å². The van der Waals surface area contributed by atoms with Gasteiger partial charge in [-0.05, 0) is 31.9 Å². The Morgan fingerprint density at radius 3 is 2.48 bits per heavy atom. The van der Waals surface area contributed by atoms with E-state index in [2.05, 4.69) is 0 Å². The number of nitrogens with zero attached hydrogens (tertiary/aromatic N) is 1. The summed E-state index contributed by atoms with van der Waals surface area (Å²) in [6.07, 6.45) is 0.124. The lowest BCUT2D eigenvalue weighted by Crippen LogP contribution is -2.64. The van der Waals surface area contributed by atoms with E-state index in [1.54, 1.807) is 30.0 Å². The first kappa shape index (κ1) is 20.3. The van der Waals surface area contributed by atoms with Gasteiger partial charge in [0.15, 0.2) is 9.84 Å². The van der Waals surface area contributed by atoms with Crippen LogP contribution in [0.4, 0.5) is 0 Å². The van der Waals surface area contributed by atoms with Crippen LogP contribution in [0.5, 0.6) is 0 Å². The number of benzene rings is 1. The van der Waals surface area contributed by atoms with Gasteiger partial charge >= 0.3 is 0 Å². The zero-order chi connectivity index (χ0) is 19.7. The molecule has 1 aromatic rings. The number of carbonyl (C=O) groups excluding carboxylic acids is 1. The van der Waals surface area contributed by atoms with Crippen LogP contribution < -0.4 is 0 Å². The standard InChI is InChI=1S/C19H27NO6S/c1-18(23)10-13-26-19(17(18)22)8-11-20(12-9-19)16(21)7-14-27(24,25)15-5-3-2-4-6-15/h2-6,17,22-23H,7-14H2,1H3/t17-,18+/m0/s1. The predicted octanol–water partition coefficient (Wildman–Crippen LogP) is 0.744. The van der Waals surface area contributed by atoms with Crippen molar-refractivity contribution in [2.24, 2.45) is 0 Å². The highest BCUT2D eigenvalue weighted by molar-refractivity contribution is 7.91. The lowest BCUT2D eigenvalue weighted by Gasteiger charge is -2.51. The number of amides is 1. The SMILES string of the molecule is C[C@@]1(O)CCOC2(CCN(C(=O)CCS(=O)(=O)c3ccccc3)CC2)[C@H]1O. The van der Waals surface area contributed by atoms with E-state index in [4.69, 9.17) is 4.74 Å². The number of hydrogen-bond acceptors (Lipinski definition) is 6. The van der Waals surface area contributed by atoms with Crippen LogP contribution in [-0.4, -0.2) is 72.2 Å². The first-order valence-electron chi connectivity index (χ1n) is 9.26. The molecule has 3 rings (SSSR count). The molecule has 8 heteroatoms. The molecule has 2 fully saturated rings. The zero-order valence-corrected chi connectivity index (χ0v) is 16.3. The summed E-state index contributed by atoms with van der Waals surface area (Å²) in [5.41, 5.74) is -2.04. The van der Waals surface area contributed by atoms with E-state index in [0.29, 0.717) is 39.0 Å². The Kier molecular flexibility index (Phi) is 5.63. The minimum absolute atomic E-state index is 0.0780. The molecule has 1 amide bonds. The quantitative estimate of drug-likeness (QED) is 0.777. The average Bonchev–Trinajstić information content (AvgIpc) is 2.65. The van der Waals surface area contributed by atoms with E-state index in [1.807, 2.05) is 0 Å². The van der Waals surface area contributed by atoms with Gasteiger partial charge in [-0.3, -0.25) is 4.79 Å². The Morgan fingerprint density at radius 1 is 1.22 bits per heavy atom. The van der Waals surface area contributed by atoms with Gasteiger partial charge in [-0.25, -0.2) is 8.42 Å². The molecule has 7 nitrogen and oxygen atoms in total. The van der Waals surface area contributed by atoms with Crippen molar-refractivity contribution >= 4 is 15.7 Å². The summed E-state index contributed by atoms with van der Waals surface area (Å²) < 4.78 is 30.5. The summed E-state index contributed by atoms with van der Waals surface area (Å²) in [6.45, 7) is 2.72. The summed E-state index contributed by atoms with van der Waals surface area (Å²) in [4.78, 5) is 14.3. The smallest absolute Gasteiger partial charge is 0.223 e. The number of rotatable bonds is 4. The van der Waals surface area contributed by atoms with Crippen LogP contribution in [0.1, 0.15) is 32.6 Å². The van der Waals surface area contributed by atoms with Gasteiger partial charge in [0.1, 0.15) is 11.7 Å². The maximum atomic E-state index is 12.5. The van der Waals surface area contributed by atoms with Crippen LogP contribution in [0.3, 0.4) is 0 Å². The van der Waals surface area contributed by atoms with Crippen molar-refractivity contribution in [3.05, 3.63) is 30.3 Å². The molecule has 0 aliphatic carbocycles. The number of likely N-dealkylation sites (tertiary alicyclic amines) is 1. The third kappa shape index (κ3) is 4.18. The molecule has 2 aliphatic heterocycles. The van der Waals surface area contributed by atoms with E-state index in [9.17, 15) is 23.4 Å². The molecule has 0 unspecified atom stereocenters. The van der Waals surface area contributed by atoms with Gasteiger partial charge in [0.2, 0.25) is 5.91 Å². The summed E-state index contributed by atoms with van der Waals surface area (Å²) in [5, 5.41) is 20.9. The molecule has 0 radical (unpaired) electrons. The van der Waals surface area contributed by atoms with Crippen molar-refractivity contribution in [1.29, 1.82) is 0 Å². The third-order valence-electron chi connectivity index (χ3n) is 5.73. The second kappa shape index (κ2) is 7.50. The van der Waals surface area contributed by atoms with Gasteiger partial charge in [0.25, 0.3) is 0 Å². The van der Waals surface area contributed by atoms with Crippen LogP contribution in [0.25, 0.3) is 0 Å². The number of aliphatic hydroxyl groups is 2. The lowest BCUT2D eigenvalue weighted by molar-refractivity contribution is -0.245. The topological polar surface area (TPSA) is 104 Å². The minimum atomic E-state index is -3.49. The zero-order valence-electron chi connectivity index (χ0n) is 15.5. The molecule has 0 bridgehead atoms. The molecule has 2 heterocycles. The second-order valence-electron chi connectivity index (χ2n) is 7.69. The van der Waals surface area contributed by atoms with Crippen LogP contribution in [-0.2, 0) is 19.4 Å². The summed E-state index contributed by atoms with van der Waals surface area (Å²) in [5.74, 6) is -0.452. The minimum Gasteiger partial charge on any atom is -0.387 e. The van der Waals surface area contributed by atoms with Crippen molar-refractivity contribution in [3.63, 3.8) is 0 Å². The van der Waals surface area contributed by atoms with Crippen LogP contribution in [0, 0.1) is 0 Å². The molecule has 1 spiro atoms. The van der Waals surface area contributed by atoms with E-state index in [0.717, 1.165) is 0 Å². The fraction of sp³-hybridized carbons (Fsp3) is 0.632. The first-order valence-corrected chi connectivity index (χ1v) is 10.9. The molecule has 27 heavy (non-hydrogen) atoms. The maximum absolute atomic E-state index is 12.5. The van der Waals surface area contributed by atoms with Gasteiger partial charge in [0.05, 0.1) is 22.9 Å². The molecule has 0 aromatic heterocycles. The van der Waals surface area contributed by atoms with Crippen LogP contribution in [0.2, 0.25) is 0 Å². The second-order valence-corrected chi connectivity index (χ2v) is 9.79. The van der Waals surface area contributed by atoms with Gasteiger partial charge in [-0.2, -0.15) is 0 Å². The number of piperidine rings is 1. The van der Waals surface area contributed by atoms with Gasteiger partial charge in [-0.1, -0.05) is 18.2 Å². The molecule has 0 saturated carbocycles. The fourth-order valence-corrected chi connectivity index (χ4v) is 5.17.